The molecule has 9 atom stereocenters. The maximum absolute atomic E-state index is 10.6. The molecule has 0 bridgehead atoms. The summed E-state index contributed by atoms with van der Waals surface area (Å²) in [5, 5.41) is 69.2. The van der Waals surface area contributed by atoms with Crippen LogP contribution >= 0.6 is 0 Å². The van der Waals surface area contributed by atoms with Gasteiger partial charge >= 0.3 is 0 Å². The van der Waals surface area contributed by atoms with E-state index in [0.29, 0.717) is 0 Å². The van der Waals surface area contributed by atoms with E-state index < -0.39 is 68.5 Å². The Labute approximate surface area is 158 Å². The molecule has 4 heterocycles. The van der Waals surface area contributed by atoms with Crippen LogP contribution < -0.4 is 0 Å². The van der Waals surface area contributed by atoms with Crippen LogP contribution in [0.3, 0.4) is 0 Å². The van der Waals surface area contributed by atoms with Crippen LogP contribution in [0.25, 0.3) is 0 Å². The Bertz CT molecular complexity index is 745. The molecule has 4 unspecified atom stereocenters. The Morgan fingerprint density at radius 1 is 0.857 bits per heavy atom. The van der Waals surface area contributed by atoms with Crippen LogP contribution in [0.15, 0.2) is 11.3 Å². The fourth-order valence-electron chi connectivity index (χ4n) is 3.64. The normalized spacial score (nSPS) is 43.0. The summed E-state index contributed by atoms with van der Waals surface area (Å²) in [5.74, 6) is 0.144. The van der Waals surface area contributed by atoms with E-state index in [1.807, 2.05) is 0 Å². The van der Waals surface area contributed by atoms with Crippen molar-refractivity contribution in [2.75, 3.05) is 13.2 Å². The number of nitrogens with zero attached hydrogens (tertiary/aromatic N) is 4. The second-order valence-electron chi connectivity index (χ2n) is 6.88. The van der Waals surface area contributed by atoms with E-state index in [0.717, 1.165) is 4.90 Å². The van der Waals surface area contributed by atoms with Crippen molar-refractivity contribution in [3.05, 3.63) is 12.0 Å². The molecule has 7 N–H and O–H groups in total. The molecule has 1 aromatic rings. The zero-order chi connectivity index (χ0) is 20.2. The maximum atomic E-state index is 10.6. The SMILES string of the molecule is OC[C@H]1O[C@@H](n2cnc3c2N=CN(C2O[C@H](CO)[C@@H](O)[C@H]2O)C3O)C(O)C1O. The van der Waals surface area contributed by atoms with Gasteiger partial charge in [0, 0.05) is 0 Å². The van der Waals surface area contributed by atoms with Gasteiger partial charge in [-0.05, 0) is 0 Å². The van der Waals surface area contributed by atoms with Gasteiger partial charge in [0.2, 0.25) is 0 Å². The van der Waals surface area contributed by atoms with Crippen molar-refractivity contribution in [3.8, 4) is 0 Å². The molecule has 3 aliphatic rings. The van der Waals surface area contributed by atoms with Gasteiger partial charge in [0.25, 0.3) is 0 Å². The molecule has 3 aliphatic heterocycles. The van der Waals surface area contributed by atoms with Gasteiger partial charge in [-0.15, -0.1) is 0 Å². The van der Waals surface area contributed by atoms with E-state index in [1.54, 1.807) is 0 Å². The van der Waals surface area contributed by atoms with Crippen LogP contribution in [0, 0.1) is 0 Å². The third kappa shape index (κ3) is 2.83. The summed E-state index contributed by atoms with van der Waals surface area (Å²) in [6.45, 7) is -1.00. The topological polar surface area (TPSA) is 193 Å². The Morgan fingerprint density at radius 3 is 2.00 bits per heavy atom. The summed E-state index contributed by atoms with van der Waals surface area (Å²) in [5.41, 5.74) is 0.0676. The lowest BCUT2D eigenvalue weighted by Crippen LogP contribution is -2.46. The number of rotatable bonds is 4. The maximum Gasteiger partial charge on any atom is 0.177 e. The summed E-state index contributed by atoms with van der Waals surface area (Å²) in [6, 6.07) is 0. The first-order valence-electron chi connectivity index (χ1n) is 8.70. The molecule has 0 aliphatic carbocycles. The fourth-order valence-corrected chi connectivity index (χ4v) is 3.64. The van der Waals surface area contributed by atoms with Crippen molar-refractivity contribution < 1.29 is 45.2 Å². The number of aliphatic hydroxyl groups excluding tert-OH is 7. The minimum atomic E-state index is -1.41. The zero-order valence-electron chi connectivity index (χ0n) is 14.5. The molecule has 0 aromatic carbocycles. The summed E-state index contributed by atoms with van der Waals surface area (Å²) >= 11 is 0. The molecular weight excluding hydrogens is 380 g/mol. The number of hydrogen-bond acceptors (Lipinski definition) is 12. The highest BCUT2D eigenvalue weighted by molar-refractivity contribution is 5.65. The second kappa shape index (κ2) is 7.29. The quantitative estimate of drug-likeness (QED) is 0.259. The minimum absolute atomic E-state index is 0.0676. The van der Waals surface area contributed by atoms with Gasteiger partial charge < -0.3 is 50.1 Å². The predicted octanol–water partition coefficient (Wildman–Crippen LogP) is -4.10. The summed E-state index contributed by atoms with van der Waals surface area (Å²) in [6.07, 6.45) is -8.61. The van der Waals surface area contributed by atoms with Gasteiger partial charge in [-0.3, -0.25) is 4.57 Å². The molecule has 28 heavy (non-hydrogen) atoms. The molecular formula is C15H22N4O9. The molecule has 1 aromatic heterocycles. The van der Waals surface area contributed by atoms with E-state index in [2.05, 4.69) is 9.98 Å². The molecule has 0 saturated carbocycles. The van der Waals surface area contributed by atoms with Crippen LogP contribution in [-0.2, 0) is 9.47 Å². The van der Waals surface area contributed by atoms with Gasteiger partial charge in [-0.2, -0.15) is 0 Å². The third-order valence-electron chi connectivity index (χ3n) is 5.24. The average molecular weight is 402 g/mol. The third-order valence-corrected chi connectivity index (χ3v) is 5.24. The fraction of sp³-hybridized carbons (Fsp3) is 0.733. The lowest BCUT2D eigenvalue weighted by Gasteiger charge is -2.34. The first-order chi connectivity index (χ1) is 13.4. The Kier molecular flexibility index (Phi) is 5.11. The molecule has 2 saturated heterocycles. The van der Waals surface area contributed by atoms with Crippen molar-refractivity contribution >= 4 is 12.2 Å². The van der Waals surface area contributed by atoms with Crippen LogP contribution in [-0.4, -0.2) is 113 Å². The highest BCUT2D eigenvalue weighted by Crippen LogP contribution is 2.39. The number of aliphatic hydroxyl groups is 7. The number of hydrogen-bond donors (Lipinski definition) is 7. The molecule has 13 heteroatoms. The number of ether oxygens (including phenoxy) is 2. The summed E-state index contributed by atoms with van der Waals surface area (Å²) in [7, 11) is 0. The van der Waals surface area contributed by atoms with E-state index in [-0.39, 0.29) is 11.5 Å². The molecule has 2 fully saturated rings. The van der Waals surface area contributed by atoms with Crippen molar-refractivity contribution in [2.45, 2.75) is 55.3 Å². The van der Waals surface area contributed by atoms with Crippen LogP contribution in [0.2, 0.25) is 0 Å². The van der Waals surface area contributed by atoms with Gasteiger partial charge in [0.1, 0.15) is 42.3 Å². The van der Waals surface area contributed by atoms with E-state index in [4.69, 9.17) is 9.47 Å². The van der Waals surface area contributed by atoms with Crippen LogP contribution in [0.5, 0.6) is 0 Å². The molecule has 13 nitrogen and oxygen atoms in total. The van der Waals surface area contributed by atoms with Crippen molar-refractivity contribution in [1.29, 1.82) is 0 Å². The van der Waals surface area contributed by atoms with Gasteiger partial charge in [0.15, 0.2) is 24.5 Å². The number of aromatic nitrogens is 2. The zero-order valence-corrected chi connectivity index (χ0v) is 14.5. The van der Waals surface area contributed by atoms with Crippen molar-refractivity contribution in [1.82, 2.24) is 14.5 Å². The van der Waals surface area contributed by atoms with E-state index in [1.165, 1.54) is 17.2 Å². The highest BCUT2D eigenvalue weighted by atomic mass is 16.6. The Balaban J connectivity index is 1.58. The molecule has 0 radical (unpaired) electrons. The predicted molar refractivity (Wildman–Crippen MR) is 87.9 cm³/mol. The standard InChI is InChI=1S/C15H22N4O9/c20-1-5-8(22)10(24)14(27-5)18-3-16-7-12(18)17-4-19(13(7)26)15-11(25)9(23)6(2-21)28-15/h3-6,8-11,13-15,20-26H,1-2H2/t5-,6-,8?,9-,10?,11-,13?,14-,15?/m1/s1. The molecule has 0 spiro atoms. The monoisotopic (exact) mass is 402 g/mol. The molecule has 0 amide bonds. The van der Waals surface area contributed by atoms with Crippen molar-refractivity contribution in [2.24, 2.45) is 4.99 Å². The molecule has 156 valence electrons. The van der Waals surface area contributed by atoms with Gasteiger partial charge in [0.05, 0.1) is 25.9 Å². The van der Waals surface area contributed by atoms with E-state index in [9.17, 15) is 35.7 Å². The van der Waals surface area contributed by atoms with Gasteiger partial charge in [-0.1, -0.05) is 0 Å². The van der Waals surface area contributed by atoms with Gasteiger partial charge in [-0.25, -0.2) is 9.98 Å². The largest absolute Gasteiger partial charge is 0.394 e. The van der Waals surface area contributed by atoms with Crippen molar-refractivity contribution in [3.63, 3.8) is 0 Å². The molecule has 4 rings (SSSR count). The lowest BCUT2D eigenvalue weighted by atomic mass is 10.1. The highest BCUT2D eigenvalue weighted by Gasteiger charge is 2.49. The summed E-state index contributed by atoms with van der Waals surface area (Å²) < 4.78 is 12.1. The first kappa shape index (κ1) is 19.6. The average Bonchev–Trinajstić information content (AvgIpc) is 3.33. The minimum Gasteiger partial charge on any atom is -0.394 e. The first-order valence-corrected chi connectivity index (χ1v) is 8.70. The smallest absolute Gasteiger partial charge is 0.177 e. The second-order valence-corrected chi connectivity index (χ2v) is 6.88. The number of aliphatic imine (C=N–C) groups is 1. The number of imidazole rings is 1. The summed E-state index contributed by atoms with van der Waals surface area (Å²) in [4.78, 5) is 9.38. The lowest BCUT2D eigenvalue weighted by molar-refractivity contribution is -0.121. The number of fused-ring (bicyclic) bond motifs is 1. The Morgan fingerprint density at radius 2 is 1.43 bits per heavy atom. The Hall–Kier alpha value is -1.68. The van der Waals surface area contributed by atoms with Crippen LogP contribution in [0.4, 0.5) is 5.82 Å². The van der Waals surface area contributed by atoms with Crippen LogP contribution in [0.1, 0.15) is 18.1 Å². The van der Waals surface area contributed by atoms with E-state index >= 15 is 0 Å².